The first-order valence-electron chi connectivity index (χ1n) is 4.95. The molecule has 1 unspecified atom stereocenters. The predicted molar refractivity (Wildman–Crippen MR) is 58.0 cm³/mol. The van der Waals surface area contributed by atoms with Gasteiger partial charge < -0.3 is 4.43 Å². The Labute approximate surface area is 78.6 Å². The van der Waals surface area contributed by atoms with E-state index in [-0.39, 0.29) is 0 Å². The van der Waals surface area contributed by atoms with Crippen molar-refractivity contribution in [1.29, 1.82) is 0 Å². The second kappa shape index (κ2) is 4.42. The molecule has 1 nitrogen and oxygen atoms in total. The highest BCUT2D eigenvalue weighted by Crippen LogP contribution is 2.24. The van der Waals surface area contributed by atoms with Crippen LogP contribution in [0.3, 0.4) is 0 Å². The summed E-state index contributed by atoms with van der Waals surface area (Å²) < 4.78 is 6.10. The first-order valence-corrected chi connectivity index (χ1v) is 7.93. The Balaban J connectivity index is 4.05. The molecule has 0 saturated carbocycles. The summed E-state index contributed by atoms with van der Waals surface area (Å²) in [5, 5.41) is 0. The van der Waals surface area contributed by atoms with E-state index in [2.05, 4.69) is 47.7 Å². The van der Waals surface area contributed by atoms with Gasteiger partial charge in [0.25, 0.3) is 0 Å². The van der Waals surface area contributed by atoms with E-state index in [0.29, 0.717) is 17.6 Å². The van der Waals surface area contributed by atoms with Crippen molar-refractivity contribution in [3.05, 3.63) is 0 Å². The second-order valence-electron chi connectivity index (χ2n) is 4.83. The fourth-order valence-electron chi connectivity index (χ4n) is 0.751. The van der Waals surface area contributed by atoms with Gasteiger partial charge in [-0.25, -0.2) is 0 Å². The van der Waals surface area contributed by atoms with E-state index in [1.165, 1.54) is 0 Å². The molecule has 0 aromatic rings. The smallest absolute Gasteiger partial charge is 0.189 e. The van der Waals surface area contributed by atoms with Gasteiger partial charge in [0, 0.05) is 6.10 Å². The molecule has 0 saturated heterocycles. The van der Waals surface area contributed by atoms with Crippen molar-refractivity contribution in [2.45, 2.75) is 59.4 Å². The molecule has 0 amide bonds. The summed E-state index contributed by atoms with van der Waals surface area (Å²) in [7, 11) is -1.41. The molecule has 2 heteroatoms. The standard InChI is InChI=1S/C10H24OSi/c1-8(2)10(5)11-12(6,7)9(3)4/h8-10H,1-7H3. The van der Waals surface area contributed by atoms with Crippen molar-refractivity contribution in [2.75, 3.05) is 0 Å². The number of hydrogen-bond donors (Lipinski definition) is 0. The van der Waals surface area contributed by atoms with Crippen molar-refractivity contribution >= 4 is 8.32 Å². The Bertz CT molecular complexity index is 130. The van der Waals surface area contributed by atoms with E-state index in [1.807, 2.05) is 0 Å². The largest absolute Gasteiger partial charge is 0.414 e. The molecule has 12 heavy (non-hydrogen) atoms. The predicted octanol–water partition coefficient (Wildman–Crippen LogP) is 3.66. The first-order chi connectivity index (χ1) is 5.27. The maximum absolute atomic E-state index is 6.10. The van der Waals surface area contributed by atoms with E-state index >= 15 is 0 Å². The maximum atomic E-state index is 6.10. The molecule has 0 spiro atoms. The SMILES string of the molecule is CC(C)C(C)O[Si](C)(C)C(C)C. The fourth-order valence-corrected chi connectivity index (χ4v) is 2.25. The van der Waals surface area contributed by atoms with E-state index in [1.54, 1.807) is 0 Å². The Morgan fingerprint density at radius 1 is 0.917 bits per heavy atom. The second-order valence-corrected chi connectivity index (χ2v) is 9.42. The third-order valence-corrected chi connectivity index (χ3v) is 6.58. The van der Waals surface area contributed by atoms with Gasteiger partial charge in [0.15, 0.2) is 8.32 Å². The minimum Gasteiger partial charge on any atom is -0.414 e. The van der Waals surface area contributed by atoms with Crippen LogP contribution in [-0.4, -0.2) is 14.4 Å². The lowest BCUT2D eigenvalue weighted by Gasteiger charge is -2.32. The summed E-state index contributed by atoms with van der Waals surface area (Å²) in [5.74, 6) is 0.635. The molecule has 74 valence electrons. The zero-order valence-corrected chi connectivity index (χ0v) is 10.6. The molecule has 0 aromatic carbocycles. The third kappa shape index (κ3) is 3.72. The van der Waals surface area contributed by atoms with Gasteiger partial charge in [0.1, 0.15) is 0 Å². The molecular formula is C10H24OSi. The van der Waals surface area contributed by atoms with Crippen molar-refractivity contribution < 1.29 is 4.43 Å². The van der Waals surface area contributed by atoms with Crippen LogP contribution in [0.1, 0.15) is 34.6 Å². The van der Waals surface area contributed by atoms with Gasteiger partial charge >= 0.3 is 0 Å². The summed E-state index contributed by atoms with van der Waals surface area (Å²) in [5.41, 5.74) is 0.707. The lowest BCUT2D eigenvalue weighted by Crippen LogP contribution is -2.39. The van der Waals surface area contributed by atoms with Crippen molar-refractivity contribution in [3.63, 3.8) is 0 Å². The number of hydrogen-bond acceptors (Lipinski definition) is 1. The van der Waals surface area contributed by atoms with Gasteiger partial charge in [-0.3, -0.25) is 0 Å². The minimum absolute atomic E-state index is 0.411. The van der Waals surface area contributed by atoms with Gasteiger partial charge in [0.2, 0.25) is 0 Å². The van der Waals surface area contributed by atoms with E-state index < -0.39 is 8.32 Å². The highest BCUT2D eigenvalue weighted by molar-refractivity contribution is 6.72. The van der Waals surface area contributed by atoms with Crippen LogP contribution in [0, 0.1) is 5.92 Å². The zero-order chi connectivity index (χ0) is 9.94. The summed E-state index contributed by atoms with van der Waals surface area (Å²) in [6.07, 6.45) is 0.411. The molecular weight excluding hydrogens is 164 g/mol. The summed E-state index contributed by atoms with van der Waals surface area (Å²) in [4.78, 5) is 0. The molecule has 0 fully saturated rings. The third-order valence-electron chi connectivity index (χ3n) is 2.82. The van der Waals surface area contributed by atoms with Gasteiger partial charge in [0.05, 0.1) is 0 Å². The highest BCUT2D eigenvalue weighted by Gasteiger charge is 2.29. The summed E-state index contributed by atoms with van der Waals surface area (Å²) in [6.45, 7) is 15.7. The molecule has 1 atom stereocenters. The van der Waals surface area contributed by atoms with Gasteiger partial charge in [-0.15, -0.1) is 0 Å². The lowest BCUT2D eigenvalue weighted by molar-refractivity contribution is 0.157. The molecule has 0 N–H and O–H groups in total. The average Bonchev–Trinajstić information content (AvgIpc) is 1.85. The fraction of sp³-hybridized carbons (Fsp3) is 1.00. The molecule has 0 radical (unpaired) electrons. The van der Waals surface area contributed by atoms with Crippen LogP contribution in [0.4, 0.5) is 0 Å². The molecule has 0 aliphatic rings. The molecule has 0 aromatic heterocycles. The van der Waals surface area contributed by atoms with E-state index in [9.17, 15) is 0 Å². The Hall–Kier alpha value is 0.177. The van der Waals surface area contributed by atoms with Crippen molar-refractivity contribution in [1.82, 2.24) is 0 Å². The molecule has 0 aliphatic carbocycles. The zero-order valence-electron chi connectivity index (χ0n) is 9.64. The Morgan fingerprint density at radius 3 is 1.58 bits per heavy atom. The average molecular weight is 188 g/mol. The first kappa shape index (κ1) is 12.2. The quantitative estimate of drug-likeness (QED) is 0.612. The topological polar surface area (TPSA) is 9.23 Å². The van der Waals surface area contributed by atoms with Gasteiger partial charge in [-0.1, -0.05) is 27.7 Å². The van der Waals surface area contributed by atoms with Crippen LogP contribution >= 0.6 is 0 Å². The molecule has 0 heterocycles. The van der Waals surface area contributed by atoms with Crippen molar-refractivity contribution in [3.8, 4) is 0 Å². The Morgan fingerprint density at radius 2 is 1.33 bits per heavy atom. The Kier molecular flexibility index (Phi) is 4.49. The monoisotopic (exact) mass is 188 g/mol. The summed E-state index contributed by atoms with van der Waals surface area (Å²) >= 11 is 0. The number of rotatable bonds is 4. The summed E-state index contributed by atoms with van der Waals surface area (Å²) in [6, 6.07) is 0. The lowest BCUT2D eigenvalue weighted by atomic mass is 10.1. The van der Waals surface area contributed by atoms with E-state index in [4.69, 9.17) is 4.43 Å². The minimum atomic E-state index is -1.41. The van der Waals surface area contributed by atoms with Gasteiger partial charge in [-0.2, -0.15) is 0 Å². The van der Waals surface area contributed by atoms with Crippen LogP contribution in [0.25, 0.3) is 0 Å². The van der Waals surface area contributed by atoms with Crippen LogP contribution in [0.2, 0.25) is 18.6 Å². The maximum Gasteiger partial charge on any atom is 0.189 e. The van der Waals surface area contributed by atoms with Crippen LogP contribution < -0.4 is 0 Å². The highest BCUT2D eigenvalue weighted by atomic mass is 28.4. The molecule has 0 aliphatic heterocycles. The van der Waals surface area contributed by atoms with Crippen LogP contribution in [0.15, 0.2) is 0 Å². The normalized spacial score (nSPS) is 15.8. The van der Waals surface area contributed by atoms with Crippen LogP contribution in [-0.2, 0) is 4.43 Å². The van der Waals surface area contributed by atoms with Crippen molar-refractivity contribution in [2.24, 2.45) is 5.92 Å². The molecule has 0 rings (SSSR count). The molecule has 0 bridgehead atoms. The van der Waals surface area contributed by atoms with E-state index in [0.717, 1.165) is 0 Å². The van der Waals surface area contributed by atoms with Gasteiger partial charge in [-0.05, 0) is 31.5 Å². The van der Waals surface area contributed by atoms with Crippen LogP contribution in [0.5, 0.6) is 0 Å².